The van der Waals surface area contributed by atoms with Crippen LogP contribution < -0.4 is 4.72 Å². The standard InChI is InChI=1S/C28H39F3N6O5S/c1-27(2,3)42-25(38)19-34-10-7-21(8-11-34)22-17-20(5-6-23(22)28(29,30)31)18-35-13-15-36(16-14-35)26(39)37-12-9-24(32-37)33-43(4,40)41/h5-6,9,12,17,21H,7-8,10-11,13-16,18-19H2,1-4H3,(H,32,33). The summed E-state index contributed by atoms with van der Waals surface area (Å²) in [5, 5.41) is 3.98. The Morgan fingerprint density at radius 3 is 2.23 bits per heavy atom. The summed E-state index contributed by atoms with van der Waals surface area (Å²) in [5.74, 6) is -0.581. The van der Waals surface area contributed by atoms with E-state index in [1.807, 2.05) is 4.90 Å². The van der Waals surface area contributed by atoms with Crippen molar-refractivity contribution in [3.05, 3.63) is 47.2 Å². The summed E-state index contributed by atoms with van der Waals surface area (Å²) in [6, 6.07) is 5.34. The monoisotopic (exact) mass is 628 g/mol. The summed E-state index contributed by atoms with van der Waals surface area (Å²) >= 11 is 0. The van der Waals surface area contributed by atoms with Crippen LogP contribution in [0.15, 0.2) is 30.5 Å². The Kier molecular flexibility index (Phi) is 9.76. The number of esters is 1. The molecule has 43 heavy (non-hydrogen) atoms. The third-order valence-electron chi connectivity index (χ3n) is 7.35. The maximum atomic E-state index is 14.0. The Morgan fingerprint density at radius 2 is 1.65 bits per heavy atom. The van der Waals surface area contributed by atoms with E-state index in [0.717, 1.165) is 22.6 Å². The van der Waals surface area contributed by atoms with Crippen LogP contribution in [0.4, 0.5) is 23.8 Å². The largest absolute Gasteiger partial charge is 0.459 e. The summed E-state index contributed by atoms with van der Waals surface area (Å²) in [5.41, 5.74) is -0.167. The molecule has 1 N–H and O–H groups in total. The van der Waals surface area contributed by atoms with E-state index in [1.165, 1.54) is 18.3 Å². The van der Waals surface area contributed by atoms with Crippen LogP contribution in [0.2, 0.25) is 0 Å². The van der Waals surface area contributed by atoms with Crippen LogP contribution in [-0.2, 0) is 32.3 Å². The fraction of sp³-hybridized carbons (Fsp3) is 0.607. The molecule has 2 saturated heterocycles. The molecule has 0 atom stereocenters. The number of carbonyl (C=O) groups is 2. The molecule has 1 aromatic carbocycles. The number of piperidine rings is 1. The van der Waals surface area contributed by atoms with Gasteiger partial charge >= 0.3 is 18.2 Å². The minimum atomic E-state index is -4.48. The Morgan fingerprint density at radius 1 is 1.00 bits per heavy atom. The van der Waals surface area contributed by atoms with Gasteiger partial charge in [0.1, 0.15) is 5.60 Å². The normalized spacial score (nSPS) is 18.1. The zero-order valence-corrected chi connectivity index (χ0v) is 25.7. The maximum Gasteiger partial charge on any atom is 0.416 e. The van der Waals surface area contributed by atoms with Crippen molar-refractivity contribution >= 4 is 27.8 Å². The summed E-state index contributed by atoms with van der Waals surface area (Å²) < 4.78 is 73.4. The zero-order chi connectivity index (χ0) is 31.6. The molecule has 2 aliphatic rings. The quantitative estimate of drug-likeness (QED) is 0.463. The molecule has 11 nitrogen and oxygen atoms in total. The predicted molar refractivity (Wildman–Crippen MR) is 154 cm³/mol. The fourth-order valence-corrected chi connectivity index (χ4v) is 5.93. The van der Waals surface area contributed by atoms with E-state index in [-0.39, 0.29) is 29.8 Å². The first-order valence-corrected chi connectivity index (χ1v) is 16.1. The first-order valence-electron chi connectivity index (χ1n) is 14.2. The molecule has 2 aromatic rings. The summed E-state index contributed by atoms with van der Waals surface area (Å²) in [4.78, 5) is 30.6. The summed E-state index contributed by atoms with van der Waals surface area (Å²) in [6.07, 6.45) is -1.09. The highest BCUT2D eigenvalue weighted by atomic mass is 32.2. The number of rotatable bonds is 7. The number of anilines is 1. The molecule has 0 spiro atoms. The van der Waals surface area contributed by atoms with Gasteiger partial charge in [-0.25, -0.2) is 13.2 Å². The third kappa shape index (κ3) is 9.41. The van der Waals surface area contributed by atoms with Crippen LogP contribution in [0.25, 0.3) is 0 Å². The van der Waals surface area contributed by atoms with Gasteiger partial charge in [-0.1, -0.05) is 12.1 Å². The summed E-state index contributed by atoms with van der Waals surface area (Å²) in [6.45, 7) is 8.74. The molecule has 0 unspecified atom stereocenters. The van der Waals surface area contributed by atoms with Crippen molar-refractivity contribution < 1.29 is 35.9 Å². The van der Waals surface area contributed by atoms with Crippen LogP contribution in [0.5, 0.6) is 0 Å². The number of nitrogens with zero attached hydrogens (tertiary/aromatic N) is 5. The van der Waals surface area contributed by atoms with Gasteiger partial charge in [0, 0.05) is 45.0 Å². The molecule has 1 aromatic heterocycles. The van der Waals surface area contributed by atoms with E-state index in [4.69, 9.17) is 4.74 Å². The lowest BCUT2D eigenvalue weighted by Crippen LogP contribution is -2.49. The Labute approximate surface area is 250 Å². The first-order chi connectivity index (χ1) is 20.0. The number of sulfonamides is 1. The Bertz CT molecular complexity index is 1410. The molecule has 0 saturated carbocycles. The number of nitrogens with one attached hydrogen (secondary N) is 1. The number of aromatic nitrogens is 2. The van der Waals surface area contributed by atoms with Gasteiger partial charge in [-0.2, -0.15) is 17.9 Å². The molecular formula is C28H39F3N6O5S. The van der Waals surface area contributed by atoms with Crippen LogP contribution in [0.3, 0.4) is 0 Å². The number of carbonyl (C=O) groups excluding carboxylic acids is 2. The van der Waals surface area contributed by atoms with Gasteiger partial charge in [0.2, 0.25) is 10.0 Å². The second kappa shape index (κ2) is 12.8. The fourth-order valence-electron chi connectivity index (χ4n) is 5.44. The average Bonchev–Trinajstić information content (AvgIpc) is 3.34. The van der Waals surface area contributed by atoms with E-state index >= 15 is 0 Å². The molecule has 4 rings (SSSR count). The predicted octanol–water partition coefficient (Wildman–Crippen LogP) is 3.58. The highest BCUT2D eigenvalue weighted by molar-refractivity contribution is 7.92. The van der Waals surface area contributed by atoms with E-state index < -0.39 is 33.4 Å². The highest BCUT2D eigenvalue weighted by Gasteiger charge is 2.36. The topological polar surface area (TPSA) is 117 Å². The Hall–Kier alpha value is -3.17. The smallest absolute Gasteiger partial charge is 0.416 e. The van der Waals surface area contributed by atoms with Crippen molar-refractivity contribution in [2.24, 2.45) is 0 Å². The Balaban J connectivity index is 1.35. The van der Waals surface area contributed by atoms with Gasteiger partial charge < -0.3 is 9.64 Å². The zero-order valence-electron chi connectivity index (χ0n) is 24.9. The van der Waals surface area contributed by atoms with E-state index in [9.17, 15) is 31.2 Å². The molecular weight excluding hydrogens is 589 g/mol. The molecule has 1 amide bonds. The number of halogens is 3. The number of piperazine rings is 1. The van der Waals surface area contributed by atoms with Gasteiger partial charge in [0.25, 0.3) is 0 Å². The van der Waals surface area contributed by atoms with Crippen LogP contribution in [0.1, 0.15) is 56.2 Å². The number of likely N-dealkylation sites (tertiary alicyclic amines) is 1. The van der Waals surface area contributed by atoms with E-state index in [0.29, 0.717) is 58.7 Å². The second-order valence-corrected chi connectivity index (χ2v) is 13.9. The minimum Gasteiger partial charge on any atom is -0.459 e. The molecule has 2 fully saturated rings. The van der Waals surface area contributed by atoms with Crippen molar-refractivity contribution in [3.8, 4) is 0 Å². The van der Waals surface area contributed by atoms with Crippen molar-refractivity contribution in [1.82, 2.24) is 24.5 Å². The molecule has 0 aliphatic carbocycles. The molecule has 238 valence electrons. The van der Waals surface area contributed by atoms with Crippen molar-refractivity contribution in [2.75, 3.05) is 56.8 Å². The third-order valence-corrected chi connectivity index (χ3v) is 7.93. The van der Waals surface area contributed by atoms with Crippen LogP contribution >= 0.6 is 0 Å². The second-order valence-electron chi connectivity index (χ2n) is 12.1. The number of hydrogen-bond acceptors (Lipinski definition) is 8. The van der Waals surface area contributed by atoms with Crippen molar-refractivity contribution in [1.29, 1.82) is 0 Å². The number of benzene rings is 1. The lowest BCUT2D eigenvalue weighted by molar-refractivity contribution is -0.156. The van der Waals surface area contributed by atoms with Crippen LogP contribution in [0, 0.1) is 0 Å². The first kappa shape index (κ1) is 32.7. The molecule has 15 heteroatoms. The number of amides is 1. The number of alkyl halides is 3. The van der Waals surface area contributed by atoms with Crippen LogP contribution in [-0.4, -0.2) is 103 Å². The number of ether oxygens (including phenoxy) is 1. The maximum absolute atomic E-state index is 14.0. The van der Waals surface area contributed by atoms with Crippen molar-refractivity contribution in [3.63, 3.8) is 0 Å². The molecule has 3 heterocycles. The summed E-state index contributed by atoms with van der Waals surface area (Å²) in [7, 11) is -3.52. The van der Waals surface area contributed by atoms with Crippen molar-refractivity contribution in [2.45, 2.75) is 57.9 Å². The van der Waals surface area contributed by atoms with Gasteiger partial charge in [0.05, 0.1) is 18.4 Å². The van der Waals surface area contributed by atoms with Gasteiger partial charge in [-0.3, -0.25) is 19.3 Å². The van der Waals surface area contributed by atoms with Gasteiger partial charge in [0.15, 0.2) is 5.82 Å². The lowest BCUT2D eigenvalue weighted by atomic mass is 9.85. The van der Waals surface area contributed by atoms with Gasteiger partial charge in [-0.05, 0) is 69.8 Å². The lowest BCUT2D eigenvalue weighted by Gasteiger charge is -2.35. The van der Waals surface area contributed by atoms with Gasteiger partial charge in [-0.15, -0.1) is 5.10 Å². The molecule has 2 aliphatic heterocycles. The minimum absolute atomic E-state index is 0.0429. The SMILES string of the molecule is CC(C)(C)OC(=O)CN1CCC(c2cc(CN3CCN(C(=O)n4ccc(NS(C)(=O)=O)n4)CC3)ccc2C(F)(F)F)CC1. The molecule has 0 radical (unpaired) electrons. The highest BCUT2D eigenvalue weighted by Crippen LogP contribution is 2.39. The number of hydrogen-bond donors (Lipinski definition) is 1. The van der Waals surface area contributed by atoms with E-state index in [1.54, 1.807) is 31.7 Å². The average molecular weight is 629 g/mol. The van der Waals surface area contributed by atoms with E-state index in [2.05, 4.69) is 14.7 Å². The molecule has 0 bridgehead atoms.